The molecule has 0 bridgehead atoms. The fraction of sp³-hybridized carbons (Fsp3) is 0.556. The quantitative estimate of drug-likeness (QED) is 0.817. The van der Waals surface area contributed by atoms with Crippen LogP contribution in [0.1, 0.15) is 43.2 Å². The first-order valence-corrected chi connectivity index (χ1v) is 10.5. The topological polar surface area (TPSA) is 71.3 Å². The van der Waals surface area contributed by atoms with E-state index in [4.69, 9.17) is 4.55 Å². The van der Waals surface area contributed by atoms with E-state index in [-0.39, 0.29) is 0 Å². The second-order valence-corrected chi connectivity index (χ2v) is 8.30. The van der Waals surface area contributed by atoms with E-state index in [1.165, 1.54) is 37.7 Å². The SMILES string of the molecule is CCCn1cc2c3c(cccc31)[C@H]1CCCN[C@@H]1C2.CS(=O)(=O)O. The number of nitrogens with zero attached hydrogens (tertiary/aromatic N) is 1. The van der Waals surface area contributed by atoms with Gasteiger partial charge in [-0.15, -0.1) is 0 Å². The highest BCUT2D eigenvalue weighted by molar-refractivity contribution is 7.85. The van der Waals surface area contributed by atoms with E-state index in [2.05, 4.69) is 41.2 Å². The summed E-state index contributed by atoms with van der Waals surface area (Å²) in [6.07, 6.45) is 8.22. The maximum atomic E-state index is 9.19. The minimum Gasteiger partial charge on any atom is -0.347 e. The van der Waals surface area contributed by atoms with Gasteiger partial charge in [0.1, 0.15) is 0 Å². The first-order valence-electron chi connectivity index (χ1n) is 8.65. The van der Waals surface area contributed by atoms with Crippen LogP contribution < -0.4 is 5.32 Å². The molecule has 0 spiro atoms. The van der Waals surface area contributed by atoms with Gasteiger partial charge in [0.05, 0.1) is 6.26 Å². The molecule has 1 aliphatic carbocycles. The molecule has 6 heteroatoms. The summed E-state index contributed by atoms with van der Waals surface area (Å²) >= 11 is 0. The minimum absolute atomic E-state index is 0.671. The summed E-state index contributed by atoms with van der Waals surface area (Å²) in [6, 6.07) is 7.59. The molecule has 2 aliphatic rings. The lowest BCUT2D eigenvalue weighted by Gasteiger charge is -2.36. The lowest BCUT2D eigenvalue weighted by molar-refractivity contribution is 0.345. The molecule has 132 valence electrons. The predicted molar refractivity (Wildman–Crippen MR) is 97.2 cm³/mol. The highest BCUT2D eigenvalue weighted by atomic mass is 32.2. The van der Waals surface area contributed by atoms with E-state index in [9.17, 15) is 8.42 Å². The Hall–Kier alpha value is -1.37. The maximum absolute atomic E-state index is 9.19. The van der Waals surface area contributed by atoms with Crippen molar-refractivity contribution in [3.05, 3.63) is 35.5 Å². The Morgan fingerprint density at radius 2 is 2.12 bits per heavy atom. The smallest absolute Gasteiger partial charge is 0.261 e. The number of hydrogen-bond donors (Lipinski definition) is 2. The minimum atomic E-state index is -3.67. The maximum Gasteiger partial charge on any atom is 0.261 e. The summed E-state index contributed by atoms with van der Waals surface area (Å²) < 4.78 is 28.3. The molecule has 1 fully saturated rings. The van der Waals surface area contributed by atoms with Crippen molar-refractivity contribution in [1.82, 2.24) is 9.88 Å². The number of hydrogen-bond acceptors (Lipinski definition) is 3. The summed E-state index contributed by atoms with van der Waals surface area (Å²) in [5.74, 6) is 0.738. The molecule has 0 saturated carbocycles. The molecule has 1 aliphatic heterocycles. The first kappa shape index (κ1) is 17.5. The number of piperidine rings is 1. The Labute approximate surface area is 143 Å². The second kappa shape index (κ2) is 6.86. The van der Waals surface area contributed by atoms with E-state index >= 15 is 0 Å². The van der Waals surface area contributed by atoms with E-state index in [0.29, 0.717) is 12.3 Å². The lowest BCUT2D eigenvalue weighted by atomic mass is 9.76. The van der Waals surface area contributed by atoms with E-state index in [0.717, 1.165) is 12.5 Å². The van der Waals surface area contributed by atoms with Crippen molar-refractivity contribution in [3.63, 3.8) is 0 Å². The summed E-state index contributed by atoms with van der Waals surface area (Å²) in [4.78, 5) is 0. The molecule has 5 nitrogen and oxygen atoms in total. The van der Waals surface area contributed by atoms with Crippen molar-refractivity contribution in [2.24, 2.45) is 0 Å². The monoisotopic (exact) mass is 350 g/mol. The zero-order valence-corrected chi connectivity index (χ0v) is 15.1. The Kier molecular flexibility index (Phi) is 4.99. The van der Waals surface area contributed by atoms with Crippen molar-refractivity contribution in [2.45, 2.75) is 51.1 Å². The molecule has 1 aromatic heterocycles. The number of rotatable bonds is 2. The van der Waals surface area contributed by atoms with Gasteiger partial charge in [0.15, 0.2) is 0 Å². The van der Waals surface area contributed by atoms with Gasteiger partial charge >= 0.3 is 0 Å². The molecular weight excluding hydrogens is 324 g/mol. The van der Waals surface area contributed by atoms with Crippen LogP contribution in [-0.2, 0) is 23.1 Å². The summed E-state index contributed by atoms with van der Waals surface area (Å²) in [5, 5.41) is 5.31. The molecule has 0 radical (unpaired) electrons. The molecule has 2 aromatic rings. The van der Waals surface area contributed by atoms with Gasteiger partial charge in [0, 0.05) is 35.6 Å². The van der Waals surface area contributed by atoms with Gasteiger partial charge in [-0.25, -0.2) is 0 Å². The van der Waals surface area contributed by atoms with Gasteiger partial charge in [-0.05, 0) is 49.4 Å². The number of benzene rings is 1. The van der Waals surface area contributed by atoms with Gasteiger partial charge in [0.2, 0.25) is 0 Å². The number of fused-ring (bicyclic) bond motifs is 2. The van der Waals surface area contributed by atoms with Gasteiger partial charge in [-0.1, -0.05) is 19.1 Å². The first-order chi connectivity index (χ1) is 11.4. The molecule has 2 N–H and O–H groups in total. The molecule has 4 rings (SSSR count). The van der Waals surface area contributed by atoms with Crippen molar-refractivity contribution < 1.29 is 13.0 Å². The molecule has 0 amide bonds. The van der Waals surface area contributed by atoms with Crippen LogP contribution in [0.25, 0.3) is 10.9 Å². The Bertz CT molecular complexity index is 818. The number of aromatic nitrogens is 1. The van der Waals surface area contributed by atoms with Gasteiger partial charge in [0.25, 0.3) is 10.1 Å². The fourth-order valence-corrected chi connectivity index (χ4v) is 4.14. The van der Waals surface area contributed by atoms with Crippen LogP contribution in [0.2, 0.25) is 0 Å². The Morgan fingerprint density at radius 3 is 2.83 bits per heavy atom. The average molecular weight is 350 g/mol. The Morgan fingerprint density at radius 1 is 1.38 bits per heavy atom. The van der Waals surface area contributed by atoms with Crippen LogP contribution in [0, 0.1) is 0 Å². The van der Waals surface area contributed by atoms with Crippen molar-refractivity contribution >= 4 is 21.0 Å². The van der Waals surface area contributed by atoms with Crippen LogP contribution in [0.4, 0.5) is 0 Å². The third kappa shape index (κ3) is 3.66. The van der Waals surface area contributed by atoms with E-state index < -0.39 is 10.1 Å². The number of nitrogens with one attached hydrogen (secondary N) is 1. The number of aryl methyl sites for hydroxylation is 1. The summed E-state index contributed by atoms with van der Waals surface area (Å²) in [5.41, 5.74) is 4.62. The van der Waals surface area contributed by atoms with Crippen LogP contribution >= 0.6 is 0 Å². The Balaban J connectivity index is 0.000000300. The molecule has 2 heterocycles. The predicted octanol–water partition coefficient (Wildman–Crippen LogP) is 2.95. The van der Waals surface area contributed by atoms with Gasteiger partial charge in [-0.3, -0.25) is 4.55 Å². The standard InChI is InChI=1S/C17H22N2.CH4O3S/c1-2-9-19-11-12-10-15-13(6-4-8-18-15)14-5-3-7-16(19)17(12)14;1-5(2,3)4/h3,5,7,11,13,15,18H,2,4,6,8-10H2,1H3;1H3,(H,2,3,4)/t13-,15-;/m1./s1. The summed E-state index contributed by atoms with van der Waals surface area (Å²) in [7, 11) is -3.67. The van der Waals surface area contributed by atoms with Crippen molar-refractivity contribution in [2.75, 3.05) is 12.8 Å². The zero-order valence-electron chi connectivity index (χ0n) is 14.3. The van der Waals surface area contributed by atoms with Gasteiger partial charge < -0.3 is 9.88 Å². The normalized spacial score (nSPS) is 22.6. The van der Waals surface area contributed by atoms with Crippen molar-refractivity contribution in [1.29, 1.82) is 0 Å². The second-order valence-electron chi connectivity index (χ2n) is 6.84. The molecule has 2 atom stereocenters. The summed E-state index contributed by atoms with van der Waals surface area (Å²) in [6.45, 7) is 4.60. The third-order valence-corrected chi connectivity index (χ3v) is 4.90. The zero-order chi connectivity index (χ0) is 17.3. The van der Waals surface area contributed by atoms with E-state index in [1.54, 1.807) is 16.5 Å². The highest BCUT2D eigenvalue weighted by Crippen LogP contribution is 2.41. The molecular formula is C18H26N2O3S. The average Bonchev–Trinajstić information content (AvgIpc) is 2.86. The molecule has 1 saturated heterocycles. The molecule has 1 aromatic carbocycles. The van der Waals surface area contributed by atoms with Crippen molar-refractivity contribution in [3.8, 4) is 0 Å². The lowest BCUT2D eigenvalue weighted by Crippen LogP contribution is -2.43. The molecule has 24 heavy (non-hydrogen) atoms. The largest absolute Gasteiger partial charge is 0.347 e. The molecule has 0 unspecified atom stereocenters. The third-order valence-electron chi connectivity index (χ3n) is 4.90. The van der Waals surface area contributed by atoms with Crippen LogP contribution in [0.5, 0.6) is 0 Å². The van der Waals surface area contributed by atoms with Crippen LogP contribution in [0.3, 0.4) is 0 Å². The fourth-order valence-electron chi connectivity index (χ4n) is 4.14. The van der Waals surface area contributed by atoms with Crippen LogP contribution in [0.15, 0.2) is 24.4 Å². The van der Waals surface area contributed by atoms with E-state index in [1.807, 2.05) is 0 Å². The van der Waals surface area contributed by atoms with Crippen LogP contribution in [-0.4, -0.2) is 36.4 Å². The van der Waals surface area contributed by atoms with Gasteiger partial charge in [-0.2, -0.15) is 8.42 Å². The highest BCUT2D eigenvalue weighted by Gasteiger charge is 2.33.